The topological polar surface area (TPSA) is 73.0 Å². The number of sulfonamides is 1. The Bertz CT molecular complexity index is 1160. The molecular formula is C26H36Cl2N4O3S. The van der Waals surface area contributed by atoms with Crippen molar-refractivity contribution >= 4 is 44.8 Å². The molecule has 0 aromatic heterocycles. The van der Waals surface area contributed by atoms with Crippen molar-refractivity contribution in [1.29, 1.82) is 0 Å². The van der Waals surface area contributed by atoms with Gasteiger partial charge in [0.25, 0.3) is 0 Å². The molecule has 36 heavy (non-hydrogen) atoms. The summed E-state index contributed by atoms with van der Waals surface area (Å²) in [5.41, 5.74) is 2.06. The second kappa shape index (κ2) is 12.1. The normalized spacial score (nSPS) is 17.3. The van der Waals surface area contributed by atoms with Crippen LogP contribution in [0.2, 0.25) is 10.0 Å². The summed E-state index contributed by atoms with van der Waals surface area (Å²) in [6.45, 7) is 5.38. The van der Waals surface area contributed by atoms with Crippen LogP contribution in [0.3, 0.4) is 0 Å². The van der Waals surface area contributed by atoms with Gasteiger partial charge in [-0.05, 0) is 68.2 Å². The second-order valence-electron chi connectivity index (χ2n) is 9.81. The van der Waals surface area contributed by atoms with Crippen LogP contribution in [-0.2, 0) is 26.8 Å². The molecule has 2 aromatic rings. The minimum absolute atomic E-state index is 0.0924. The summed E-state index contributed by atoms with van der Waals surface area (Å²) < 4.78 is 25.5. The summed E-state index contributed by atoms with van der Waals surface area (Å²) >= 11 is 12.5. The summed E-state index contributed by atoms with van der Waals surface area (Å²) in [4.78, 5) is 17.9. The molecule has 1 amide bonds. The molecule has 1 N–H and O–H groups in total. The van der Waals surface area contributed by atoms with Crippen molar-refractivity contribution in [3.05, 3.63) is 63.6 Å². The molecule has 0 saturated carbocycles. The Kier molecular flexibility index (Phi) is 9.68. The molecule has 1 fully saturated rings. The highest BCUT2D eigenvalue weighted by Gasteiger charge is 2.36. The predicted molar refractivity (Wildman–Crippen MR) is 149 cm³/mol. The number of nitrogens with zero attached hydrogens (tertiary/aromatic N) is 3. The third-order valence-corrected chi connectivity index (χ3v) is 8.95. The van der Waals surface area contributed by atoms with E-state index in [1.807, 2.05) is 56.3 Å². The standard InChI is InChI=1S/C26H36Cl2N4O3S/c1-26(21-8-11-23(27)24(28)18-21,12-15-31-13-5-14-32(17-16-31)36(4,34)35)25(33)29-19-20-6-9-22(10-7-20)30(2)3/h6-11,18H,5,12-17,19H2,1-4H3,(H,29,33). The van der Waals surface area contributed by atoms with E-state index in [-0.39, 0.29) is 5.91 Å². The molecule has 0 aliphatic carbocycles. The van der Waals surface area contributed by atoms with Crippen molar-refractivity contribution in [3.63, 3.8) is 0 Å². The summed E-state index contributed by atoms with van der Waals surface area (Å²) in [6.07, 6.45) is 2.56. The Morgan fingerprint density at radius 1 is 1.03 bits per heavy atom. The average molecular weight is 556 g/mol. The quantitative estimate of drug-likeness (QED) is 0.507. The van der Waals surface area contributed by atoms with Crippen molar-refractivity contribution in [1.82, 2.24) is 14.5 Å². The summed E-state index contributed by atoms with van der Waals surface area (Å²) in [6, 6.07) is 13.4. The van der Waals surface area contributed by atoms with Gasteiger partial charge in [0.1, 0.15) is 0 Å². The van der Waals surface area contributed by atoms with Gasteiger partial charge in [-0.25, -0.2) is 12.7 Å². The molecule has 7 nitrogen and oxygen atoms in total. The van der Waals surface area contributed by atoms with E-state index < -0.39 is 15.4 Å². The van der Waals surface area contributed by atoms with E-state index in [0.29, 0.717) is 49.2 Å². The van der Waals surface area contributed by atoms with Gasteiger partial charge in [-0.1, -0.05) is 41.4 Å². The van der Waals surface area contributed by atoms with Crippen LogP contribution in [-0.4, -0.2) is 76.6 Å². The number of rotatable bonds is 9. The van der Waals surface area contributed by atoms with E-state index >= 15 is 0 Å². The Labute approximate surface area is 225 Å². The molecule has 1 saturated heterocycles. The lowest BCUT2D eigenvalue weighted by Crippen LogP contribution is -2.44. The highest BCUT2D eigenvalue weighted by atomic mass is 35.5. The fraction of sp³-hybridized carbons (Fsp3) is 0.500. The van der Waals surface area contributed by atoms with Gasteiger partial charge < -0.3 is 15.1 Å². The van der Waals surface area contributed by atoms with Crippen molar-refractivity contribution in [2.75, 3.05) is 58.0 Å². The molecule has 198 valence electrons. The number of carbonyl (C=O) groups excluding carboxylic acids is 1. The average Bonchev–Trinajstić information content (AvgIpc) is 3.09. The smallest absolute Gasteiger partial charge is 0.230 e. The highest BCUT2D eigenvalue weighted by Crippen LogP contribution is 2.33. The maximum atomic E-state index is 13.6. The molecule has 3 rings (SSSR count). The lowest BCUT2D eigenvalue weighted by atomic mass is 9.78. The predicted octanol–water partition coefficient (Wildman–Crippen LogP) is 3.99. The monoisotopic (exact) mass is 554 g/mol. The van der Waals surface area contributed by atoms with Gasteiger partial charge in [0.2, 0.25) is 15.9 Å². The third kappa shape index (κ3) is 7.35. The molecule has 1 heterocycles. The number of nitrogens with one attached hydrogen (secondary N) is 1. The van der Waals surface area contributed by atoms with E-state index in [2.05, 4.69) is 10.2 Å². The highest BCUT2D eigenvalue weighted by molar-refractivity contribution is 7.88. The van der Waals surface area contributed by atoms with E-state index in [0.717, 1.165) is 29.8 Å². The first-order chi connectivity index (χ1) is 16.9. The van der Waals surface area contributed by atoms with Crippen molar-refractivity contribution in [2.24, 2.45) is 0 Å². The zero-order chi connectivity index (χ0) is 26.5. The Morgan fingerprint density at radius 3 is 2.33 bits per heavy atom. The number of hydrogen-bond donors (Lipinski definition) is 1. The van der Waals surface area contributed by atoms with Crippen LogP contribution < -0.4 is 10.2 Å². The lowest BCUT2D eigenvalue weighted by Gasteiger charge is -2.32. The van der Waals surface area contributed by atoms with Crippen LogP contribution in [0.4, 0.5) is 5.69 Å². The van der Waals surface area contributed by atoms with Gasteiger partial charge in [0, 0.05) is 46.0 Å². The Hall–Kier alpha value is -1.84. The minimum atomic E-state index is -3.21. The largest absolute Gasteiger partial charge is 0.378 e. The zero-order valence-electron chi connectivity index (χ0n) is 21.4. The summed E-state index contributed by atoms with van der Waals surface area (Å²) in [5, 5.41) is 3.96. The Morgan fingerprint density at radius 2 is 1.72 bits per heavy atom. The summed E-state index contributed by atoms with van der Waals surface area (Å²) in [5.74, 6) is -0.0924. The first kappa shape index (κ1) is 28.7. The van der Waals surface area contributed by atoms with Gasteiger partial charge in [-0.3, -0.25) is 4.79 Å². The van der Waals surface area contributed by atoms with Gasteiger partial charge in [-0.15, -0.1) is 0 Å². The first-order valence-corrected chi connectivity index (χ1v) is 14.7. The van der Waals surface area contributed by atoms with Gasteiger partial charge >= 0.3 is 0 Å². The van der Waals surface area contributed by atoms with Gasteiger partial charge in [0.05, 0.1) is 21.7 Å². The fourth-order valence-electron chi connectivity index (χ4n) is 4.40. The molecule has 0 radical (unpaired) electrons. The van der Waals surface area contributed by atoms with Crippen LogP contribution >= 0.6 is 23.2 Å². The van der Waals surface area contributed by atoms with Crippen LogP contribution in [0, 0.1) is 0 Å². The molecule has 0 bridgehead atoms. The molecule has 0 spiro atoms. The first-order valence-electron chi connectivity index (χ1n) is 12.1. The molecule has 1 atom stereocenters. The molecule has 1 aliphatic heterocycles. The van der Waals surface area contributed by atoms with E-state index in [1.54, 1.807) is 12.1 Å². The van der Waals surface area contributed by atoms with Crippen LogP contribution in [0.1, 0.15) is 30.9 Å². The molecular weight excluding hydrogens is 519 g/mol. The number of benzene rings is 2. The molecule has 1 unspecified atom stereocenters. The fourth-order valence-corrected chi connectivity index (χ4v) is 5.57. The molecule has 10 heteroatoms. The number of hydrogen-bond acceptors (Lipinski definition) is 5. The van der Waals surface area contributed by atoms with Crippen LogP contribution in [0.25, 0.3) is 0 Å². The zero-order valence-corrected chi connectivity index (χ0v) is 23.8. The second-order valence-corrected chi connectivity index (χ2v) is 12.6. The van der Waals surface area contributed by atoms with Crippen LogP contribution in [0.15, 0.2) is 42.5 Å². The van der Waals surface area contributed by atoms with E-state index in [1.165, 1.54) is 10.6 Å². The maximum Gasteiger partial charge on any atom is 0.230 e. The van der Waals surface area contributed by atoms with Crippen molar-refractivity contribution in [2.45, 2.75) is 31.7 Å². The molecule has 1 aliphatic rings. The number of halogens is 2. The SMILES string of the molecule is CN(C)c1ccc(CNC(=O)C(C)(CCN2CCCN(S(C)(=O)=O)CC2)c2ccc(Cl)c(Cl)c2)cc1. The maximum absolute atomic E-state index is 13.6. The van der Waals surface area contributed by atoms with Crippen molar-refractivity contribution < 1.29 is 13.2 Å². The van der Waals surface area contributed by atoms with Gasteiger partial charge in [-0.2, -0.15) is 0 Å². The van der Waals surface area contributed by atoms with Crippen molar-refractivity contribution in [3.8, 4) is 0 Å². The third-order valence-electron chi connectivity index (χ3n) is 6.91. The minimum Gasteiger partial charge on any atom is -0.378 e. The van der Waals surface area contributed by atoms with E-state index in [9.17, 15) is 13.2 Å². The lowest BCUT2D eigenvalue weighted by molar-refractivity contribution is -0.126. The summed E-state index contributed by atoms with van der Waals surface area (Å²) in [7, 11) is 0.767. The van der Waals surface area contributed by atoms with Gasteiger partial charge in [0.15, 0.2) is 0 Å². The number of amides is 1. The number of carbonyl (C=O) groups is 1. The Balaban J connectivity index is 1.74. The van der Waals surface area contributed by atoms with E-state index in [4.69, 9.17) is 23.2 Å². The number of anilines is 1. The molecule has 2 aromatic carbocycles. The van der Waals surface area contributed by atoms with Crippen LogP contribution in [0.5, 0.6) is 0 Å².